The first-order valence-corrected chi connectivity index (χ1v) is 5.84. The number of aliphatic hydroxyl groups is 1. The SMILES string of the molecule is CCCn1nccc1C(O)c1ccnc(C)c1. The van der Waals surface area contributed by atoms with E-state index in [1.165, 1.54) is 0 Å². The molecule has 17 heavy (non-hydrogen) atoms. The lowest BCUT2D eigenvalue weighted by Gasteiger charge is -2.13. The molecule has 0 spiro atoms. The van der Waals surface area contributed by atoms with Crippen LogP contribution in [-0.4, -0.2) is 19.9 Å². The van der Waals surface area contributed by atoms with E-state index in [-0.39, 0.29) is 0 Å². The molecular weight excluding hydrogens is 214 g/mol. The molecule has 1 N–H and O–H groups in total. The number of aromatic nitrogens is 3. The van der Waals surface area contributed by atoms with Crippen LogP contribution in [0.15, 0.2) is 30.6 Å². The van der Waals surface area contributed by atoms with Gasteiger partial charge in [0.05, 0.1) is 5.69 Å². The Labute approximate surface area is 101 Å². The van der Waals surface area contributed by atoms with Crippen molar-refractivity contribution in [1.29, 1.82) is 0 Å². The molecule has 2 rings (SSSR count). The highest BCUT2D eigenvalue weighted by Crippen LogP contribution is 2.21. The Balaban J connectivity index is 2.30. The molecule has 0 aliphatic carbocycles. The van der Waals surface area contributed by atoms with Crippen LogP contribution in [0.25, 0.3) is 0 Å². The minimum absolute atomic E-state index is 0.634. The van der Waals surface area contributed by atoms with E-state index in [0.717, 1.165) is 29.9 Å². The summed E-state index contributed by atoms with van der Waals surface area (Å²) in [5.74, 6) is 0. The molecule has 0 bridgehead atoms. The van der Waals surface area contributed by atoms with Crippen LogP contribution < -0.4 is 0 Å². The summed E-state index contributed by atoms with van der Waals surface area (Å²) in [6, 6.07) is 5.59. The third-order valence-electron chi connectivity index (χ3n) is 2.70. The molecule has 1 atom stereocenters. The van der Waals surface area contributed by atoms with Crippen molar-refractivity contribution in [2.24, 2.45) is 0 Å². The molecule has 4 nitrogen and oxygen atoms in total. The maximum Gasteiger partial charge on any atom is 0.121 e. The Morgan fingerprint density at radius 2 is 2.18 bits per heavy atom. The normalized spacial score (nSPS) is 12.6. The third-order valence-corrected chi connectivity index (χ3v) is 2.70. The van der Waals surface area contributed by atoms with Crippen molar-refractivity contribution < 1.29 is 5.11 Å². The fraction of sp³-hybridized carbons (Fsp3) is 0.385. The molecular formula is C13H17N3O. The molecule has 2 aromatic rings. The molecule has 4 heteroatoms. The predicted molar refractivity (Wildman–Crippen MR) is 65.6 cm³/mol. The van der Waals surface area contributed by atoms with Crippen molar-refractivity contribution >= 4 is 0 Å². The second-order valence-corrected chi connectivity index (χ2v) is 4.11. The molecule has 0 aliphatic rings. The summed E-state index contributed by atoms with van der Waals surface area (Å²) in [6.45, 7) is 4.83. The summed E-state index contributed by atoms with van der Waals surface area (Å²) in [6.07, 6.45) is 3.80. The van der Waals surface area contributed by atoms with E-state index in [9.17, 15) is 5.11 Å². The minimum atomic E-state index is -0.634. The summed E-state index contributed by atoms with van der Waals surface area (Å²) in [5, 5.41) is 14.5. The Morgan fingerprint density at radius 3 is 2.88 bits per heavy atom. The number of rotatable bonds is 4. The van der Waals surface area contributed by atoms with Gasteiger partial charge < -0.3 is 5.11 Å². The highest BCUT2D eigenvalue weighted by molar-refractivity contribution is 5.25. The van der Waals surface area contributed by atoms with E-state index in [1.807, 2.05) is 29.8 Å². The van der Waals surface area contributed by atoms with Gasteiger partial charge in [-0.3, -0.25) is 9.67 Å². The second kappa shape index (κ2) is 5.10. The quantitative estimate of drug-likeness (QED) is 0.876. The Bertz CT molecular complexity index is 493. The largest absolute Gasteiger partial charge is 0.382 e. The van der Waals surface area contributed by atoms with Crippen LogP contribution in [-0.2, 0) is 6.54 Å². The lowest BCUT2D eigenvalue weighted by Crippen LogP contribution is -2.10. The van der Waals surface area contributed by atoms with Gasteiger partial charge in [0.25, 0.3) is 0 Å². The summed E-state index contributed by atoms with van der Waals surface area (Å²) in [4.78, 5) is 4.13. The number of hydrogen-bond donors (Lipinski definition) is 1. The van der Waals surface area contributed by atoms with Crippen molar-refractivity contribution in [3.63, 3.8) is 0 Å². The van der Waals surface area contributed by atoms with Crippen LogP contribution in [0.1, 0.15) is 36.4 Å². The van der Waals surface area contributed by atoms with Crippen LogP contribution in [0.5, 0.6) is 0 Å². The predicted octanol–water partition coefficient (Wildman–Crippen LogP) is 2.08. The van der Waals surface area contributed by atoms with E-state index >= 15 is 0 Å². The number of aryl methyl sites for hydroxylation is 2. The van der Waals surface area contributed by atoms with E-state index in [1.54, 1.807) is 12.4 Å². The molecule has 2 heterocycles. The average molecular weight is 231 g/mol. The molecule has 90 valence electrons. The van der Waals surface area contributed by atoms with Gasteiger partial charge in [0.15, 0.2) is 0 Å². The smallest absolute Gasteiger partial charge is 0.121 e. The maximum atomic E-state index is 10.3. The van der Waals surface area contributed by atoms with Gasteiger partial charge in [-0.2, -0.15) is 5.10 Å². The number of hydrogen-bond acceptors (Lipinski definition) is 3. The van der Waals surface area contributed by atoms with Gasteiger partial charge in [0.2, 0.25) is 0 Å². The van der Waals surface area contributed by atoms with Crippen molar-refractivity contribution in [3.8, 4) is 0 Å². The van der Waals surface area contributed by atoms with Gasteiger partial charge in [-0.15, -0.1) is 0 Å². The minimum Gasteiger partial charge on any atom is -0.382 e. The third kappa shape index (κ3) is 2.53. The molecule has 0 fully saturated rings. The molecule has 0 radical (unpaired) electrons. The molecule has 2 aromatic heterocycles. The molecule has 0 saturated heterocycles. The summed E-state index contributed by atoms with van der Waals surface area (Å²) in [5.41, 5.74) is 2.59. The number of pyridine rings is 1. The van der Waals surface area contributed by atoms with Gasteiger partial charge >= 0.3 is 0 Å². The topological polar surface area (TPSA) is 50.9 Å². The fourth-order valence-corrected chi connectivity index (χ4v) is 1.88. The first kappa shape index (κ1) is 11.8. The molecule has 0 amide bonds. The Hall–Kier alpha value is -1.68. The van der Waals surface area contributed by atoms with E-state index in [4.69, 9.17) is 0 Å². The highest BCUT2D eigenvalue weighted by atomic mass is 16.3. The Morgan fingerprint density at radius 1 is 1.35 bits per heavy atom. The van der Waals surface area contributed by atoms with E-state index in [0.29, 0.717) is 0 Å². The summed E-state index contributed by atoms with van der Waals surface area (Å²) < 4.78 is 1.85. The standard InChI is InChI=1S/C13H17N3O/c1-3-8-16-12(5-7-15-16)13(17)11-4-6-14-10(2)9-11/h4-7,9,13,17H,3,8H2,1-2H3. The lowest BCUT2D eigenvalue weighted by molar-refractivity contribution is 0.207. The zero-order chi connectivity index (χ0) is 12.3. The van der Waals surface area contributed by atoms with Crippen molar-refractivity contribution in [2.75, 3.05) is 0 Å². The molecule has 0 aliphatic heterocycles. The fourth-order valence-electron chi connectivity index (χ4n) is 1.88. The Kier molecular flexibility index (Phi) is 3.54. The summed E-state index contributed by atoms with van der Waals surface area (Å²) in [7, 11) is 0. The molecule has 0 saturated carbocycles. The first-order chi connectivity index (χ1) is 8.22. The van der Waals surface area contributed by atoms with Crippen LogP contribution in [0.4, 0.5) is 0 Å². The first-order valence-electron chi connectivity index (χ1n) is 5.84. The lowest BCUT2D eigenvalue weighted by atomic mass is 10.1. The monoisotopic (exact) mass is 231 g/mol. The zero-order valence-electron chi connectivity index (χ0n) is 10.2. The van der Waals surface area contributed by atoms with Crippen molar-refractivity contribution in [1.82, 2.24) is 14.8 Å². The van der Waals surface area contributed by atoms with Crippen LogP contribution in [0, 0.1) is 6.92 Å². The highest BCUT2D eigenvalue weighted by Gasteiger charge is 2.15. The van der Waals surface area contributed by atoms with Gasteiger partial charge in [-0.25, -0.2) is 0 Å². The van der Waals surface area contributed by atoms with Gasteiger partial charge in [0, 0.05) is 24.6 Å². The van der Waals surface area contributed by atoms with E-state index in [2.05, 4.69) is 17.0 Å². The maximum absolute atomic E-state index is 10.3. The van der Waals surface area contributed by atoms with E-state index < -0.39 is 6.10 Å². The average Bonchev–Trinajstić information content (AvgIpc) is 2.77. The van der Waals surface area contributed by atoms with Crippen molar-refractivity contribution in [2.45, 2.75) is 32.9 Å². The number of aliphatic hydroxyl groups excluding tert-OH is 1. The molecule has 1 unspecified atom stereocenters. The number of nitrogens with zero attached hydrogens (tertiary/aromatic N) is 3. The van der Waals surface area contributed by atoms with Gasteiger partial charge in [-0.05, 0) is 37.1 Å². The van der Waals surface area contributed by atoms with Crippen LogP contribution in [0.3, 0.4) is 0 Å². The molecule has 0 aromatic carbocycles. The van der Waals surface area contributed by atoms with Crippen LogP contribution in [0.2, 0.25) is 0 Å². The zero-order valence-corrected chi connectivity index (χ0v) is 10.2. The second-order valence-electron chi connectivity index (χ2n) is 4.11. The summed E-state index contributed by atoms with van der Waals surface area (Å²) >= 11 is 0. The van der Waals surface area contributed by atoms with Gasteiger partial charge in [-0.1, -0.05) is 6.92 Å². The van der Waals surface area contributed by atoms with Crippen LogP contribution >= 0.6 is 0 Å². The van der Waals surface area contributed by atoms with Gasteiger partial charge in [0.1, 0.15) is 6.10 Å². The van der Waals surface area contributed by atoms with Crippen molar-refractivity contribution in [3.05, 3.63) is 47.5 Å².